The highest BCUT2D eigenvalue weighted by atomic mass is 16.5. The lowest BCUT2D eigenvalue weighted by molar-refractivity contribution is 0.0684. The number of aromatic nitrogens is 1. The van der Waals surface area contributed by atoms with E-state index in [-0.39, 0.29) is 5.91 Å². The Morgan fingerprint density at radius 2 is 2.00 bits per heavy atom. The van der Waals surface area contributed by atoms with Gasteiger partial charge < -0.3 is 19.4 Å². The third kappa shape index (κ3) is 3.03. The summed E-state index contributed by atoms with van der Waals surface area (Å²) in [5.74, 6) is 1.07. The van der Waals surface area contributed by atoms with Gasteiger partial charge in [0.2, 0.25) is 0 Å². The molecule has 142 valence electrons. The summed E-state index contributed by atoms with van der Waals surface area (Å²) in [5.41, 5.74) is 2.34. The van der Waals surface area contributed by atoms with E-state index in [1.54, 1.807) is 31.3 Å². The molecule has 0 saturated heterocycles. The van der Waals surface area contributed by atoms with Crippen molar-refractivity contribution in [2.24, 2.45) is 0 Å². The molecule has 6 heteroatoms. The van der Waals surface area contributed by atoms with Crippen LogP contribution < -0.4 is 10.1 Å². The van der Waals surface area contributed by atoms with Gasteiger partial charge in [0.05, 0.1) is 30.1 Å². The van der Waals surface area contributed by atoms with E-state index in [2.05, 4.69) is 10.3 Å². The van der Waals surface area contributed by atoms with Crippen LogP contribution in [-0.2, 0) is 0 Å². The molecule has 1 aliphatic rings. The van der Waals surface area contributed by atoms with Gasteiger partial charge in [-0.15, -0.1) is 0 Å². The van der Waals surface area contributed by atoms with Crippen LogP contribution in [0.5, 0.6) is 5.75 Å². The number of nitrogens with zero attached hydrogens (tertiary/aromatic N) is 2. The van der Waals surface area contributed by atoms with Crippen molar-refractivity contribution in [3.8, 4) is 17.1 Å². The molecular weight excluding hydrogens is 354 g/mol. The van der Waals surface area contributed by atoms with E-state index in [1.165, 1.54) is 6.39 Å². The lowest BCUT2D eigenvalue weighted by Gasteiger charge is -2.42. The number of hydrogen-bond acceptors (Lipinski definition) is 5. The highest BCUT2D eigenvalue weighted by Gasteiger charge is 2.37. The van der Waals surface area contributed by atoms with Crippen LogP contribution in [0.4, 0.5) is 5.69 Å². The zero-order valence-corrected chi connectivity index (χ0v) is 16.0. The second-order valence-corrected chi connectivity index (χ2v) is 6.84. The summed E-state index contributed by atoms with van der Waals surface area (Å²) in [6.07, 6.45) is 6.94. The van der Waals surface area contributed by atoms with E-state index < -0.39 is 5.66 Å². The van der Waals surface area contributed by atoms with Crippen LogP contribution in [0.25, 0.3) is 17.4 Å². The molecule has 1 unspecified atom stereocenters. The minimum absolute atomic E-state index is 0.0858. The number of methoxy groups -OCH3 is 1. The van der Waals surface area contributed by atoms with Crippen LogP contribution in [-0.4, -0.2) is 35.6 Å². The third-order valence-corrected chi connectivity index (χ3v) is 5.06. The predicted octanol–water partition coefficient (Wildman–Crippen LogP) is 4.28. The molecule has 0 bridgehead atoms. The fourth-order valence-corrected chi connectivity index (χ4v) is 3.29. The maximum absolute atomic E-state index is 13.1. The Labute approximate surface area is 163 Å². The fourth-order valence-electron chi connectivity index (χ4n) is 3.29. The summed E-state index contributed by atoms with van der Waals surface area (Å²) in [6, 6.07) is 13.6. The zero-order valence-electron chi connectivity index (χ0n) is 16.0. The Morgan fingerprint density at radius 1 is 1.21 bits per heavy atom. The first-order valence-corrected chi connectivity index (χ1v) is 8.93. The van der Waals surface area contributed by atoms with Gasteiger partial charge in [0.25, 0.3) is 5.91 Å². The number of carbonyl (C=O) groups is 1. The van der Waals surface area contributed by atoms with Crippen molar-refractivity contribution < 1.29 is 13.9 Å². The molecule has 0 radical (unpaired) electrons. The number of fused-ring (bicyclic) bond motifs is 1. The van der Waals surface area contributed by atoms with Gasteiger partial charge in [-0.25, -0.2) is 4.98 Å². The van der Waals surface area contributed by atoms with Gasteiger partial charge in [0.1, 0.15) is 11.4 Å². The number of ether oxygens (including phenoxy) is 1. The minimum atomic E-state index is -0.682. The van der Waals surface area contributed by atoms with E-state index in [1.807, 2.05) is 55.5 Å². The number of nitrogens with one attached hydrogen (secondary N) is 1. The summed E-state index contributed by atoms with van der Waals surface area (Å²) in [4.78, 5) is 18.8. The topological polar surface area (TPSA) is 67.6 Å². The maximum Gasteiger partial charge on any atom is 0.257 e. The number of benzene rings is 2. The summed E-state index contributed by atoms with van der Waals surface area (Å²) >= 11 is 0. The number of anilines is 1. The van der Waals surface area contributed by atoms with Crippen LogP contribution in [0.1, 0.15) is 22.8 Å². The van der Waals surface area contributed by atoms with E-state index in [4.69, 9.17) is 9.15 Å². The fraction of sp³-hybridized carbons (Fsp3) is 0.182. The predicted molar refractivity (Wildman–Crippen MR) is 108 cm³/mol. The minimum Gasteiger partial charge on any atom is -0.496 e. The molecule has 1 atom stereocenters. The molecule has 0 aliphatic carbocycles. The monoisotopic (exact) mass is 375 g/mol. The molecule has 6 nitrogen and oxygen atoms in total. The lowest BCUT2D eigenvalue weighted by Crippen LogP contribution is -2.54. The number of rotatable bonds is 4. The number of oxazole rings is 1. The molecule has 2 aromatic carbocycles. The number of likely N-dealkylation sites (N-methyl/N-ethyl adjacent to an activating group) is 1. The van der Waals surface area contributed by atoms with Crippen molar-refractivity contribution in [2.75, 3.05) is 19.5 Å². The molecule has 3 aromatic rings. The molecule has 0 fully saturated rings. The smallest absolute Gasteiger partial charge is 0.257 e. The molecule has 0 saturated carbocycles. The molecular formula is C22H21N3O3. The Morgan fingerprint density at radius 3 is 2.68 bits per heavy atom. The van der Waals surface area contributed by atoms with Gasteiger partial charge in [0.15, 0.2) is 12.2 Å². The standard InChI is InChI=1S/C22H21N3O3/c1-22(10-9-15-7-5-4-6-8-15)24-18-12-19(27-3)17(20-13-23-14-28-20)11-16(18)21(26)25(22)2/h4-14,24H,1-3H3/b10-9+. The number of carbonyl (C=O) groups excluding carboxylic acids is 1. The van der Waals surface area contributed by atoms with Crippen LogP contribution in [0.2, 0.25) is 0 Å². The average Bonchev–Trinajstić information content (AvgIpc) is 3.25. The van der Waals surface area contributed by atoms with Crippen LogP contribution in [0.3, 0.4) is 0 Å². The van der Waals surface area contributed by atoms with Gasteiger partial charge in [-0.05, 0) is 24.6 Å². The second-order valence-electron chi connectivity index (χ2n) is 6.84. The summed E-state index contributed by atoms with van der Waals surface area (Å²) in [5, 5.41) is 3.46. The van der Waals surface area contributed by atoms with Crippen molar-refractivity contribution in [2.45, 2.75) is 12.6 Å². The average molecular weight is 375 g/mol. The Hall–Kier alpha value is -3.54. The summed E-state index contributed by atoms with van der Waals surface area (Å²) < 4.78 is 10.9. The first-order chi connectivity index (χ1) is 13.5. The molecule has 1 aliphatic heterocycles. The molecule has 0 spiro atoms. The first kappa shape index (κ1) is 17.9. The normalized spacial score (nSPS) is 18.8. The quantitative estimate of drug-likeness (QED) is 0.737. The van der Waals surface area contributed by atoms with Gasteiger partial charge in [0, 0.05) is 13.1 Å². The van der Waals surface area contributed by atoms with Crippen molar-refractivity contribution in [3.05, 3.63) is 72.3 Å². The Balaban J connectivity index is 1.75. The molecule has 2 heterocycles. The van der Waals surface area contributed by atoms with Gasteiger partial charge >= 0.3 is 0 Å². The molecule has 1 amide bonds. The number of amides is 1. The van der Waals surface area contributed by atoms with Crippen molar-refractivity contribution in [3.63, 3.8) is 0 Å². The molecule has 4 rings (SSSR count). The van der Waals surface area contributed by atoms with Gasteiger partial charge in [-0.3, -0.25) is 4.79 Å². The number of hydrogen-bond donors (Lipinski definition) is 1. The maximum atomic E-state index is 13.1. The SMILES string of the molecule is COc1cc2c(cc1-c1cnco1)C(=O)N(C)C(C)(/C=C/c1ccccc1)N2. The lowest BCUT2D eigenvalue weighted by atomic mass is 9.97. The summed E-state index contributed by atoms with van der Waals surface area (Å²) in [7, 11) is 3.37. The van der Waals surface area contributed by atoms with E-state index in [0.29, 0.717) is 28.3 Å². The second kappa shape index (κ2) is 6.88. The molecule has 1 N–H and O–H groups in total. The van der Waals surface area contributed by atoms with Crippen molar-refractivity contribution in [1.29, 1.82) is 0 Å². The summed E-state index contributed by atoms with van der Waals surface area (Å²) in [6.45, 7) is 1.96. The molecule has 28 heavy (non-hydrogen) atoms. The highest BCUT2D eigenvalue weighted by Crippen LogP contribution is 2.39. The van der Waals surface area contributed by atoms with Gasteiger partial charge in [-0.1, -0.05) is 36.4 Å². The van der Waals surface area contributed by atoms with E-state index >= 15 is 0 Å². The van der Waals surface area contributed by atoms with Crippen LogP contribution in [0, 0.1) is 0 Å². The third-order valence-electron chi connectivity index (χ3n) is 5.06. The van der Waals surface area contributed by atoms with Gasteiger partial charge in [-0.2, -0.15) is 0 Å². The first-order valence-electron chi connectivity index (χ1n) is 8.93. The molecule has 1 aromatic heterocycles. The Kier molecular flexibility index (Phi) is 4.39. The van der Waals surface area contributed by atoms with Crippen LogP contribution >= 0.6 is 0 Å². The van der Waals surface area contributed by atoms with E-state index in [9.17, 15) is 4.79 Å². The van der Waals surface area contributed by atoms with Crippen molar-refractivity contribution in [1.82, 2.24) is 9.88 Å². The van der Waals surface area contributed by atoms with E-state index in [0.717, 1.165) is 5.56 Å². The van der Waals surface area contributed by atoms with Crippen molar-refractivity contribution >= 4 is 17.7 Å². The largest absolute Gasteiger partial charge is 0.496 e. The zero-order chi connectivity index (χ0) is 19.7. The Bertz CT molecular complexity index is 1030. The highest BCUT2D eigenvalue weighted by molar-refractivity contribution is 6.04. The van der Waals surface area contributed by atoms with Crippen LogP contribution in [0.15, 0.2) is 65.5 Å².